The van der Waals surface area contributed by atoms with Crippen molar-refractivity contribution >= 4 is 33.3 Å². The lowest BCUT2D eigenvalue weighted by molar-refractivity contribution is 0.102. The highest BCUT2D eigenvalue weighted by Crippen LogP contribution is 2.22. The van der Waals surface area contributed by atoms with E-state index in [9.17, 15) is 13.2 Å². The molecular weight excluding hydrogens is 292 g/mol. The molecule has 2 N–H and O–H groups in total. The Morgan fingerprint density at radius 3 is 2.74 bits per heavy atom. The van der Waals surface area contributed by atoms with Gasteiger partial charge in [0.15, 0.2) is 9.84 Å². The molecule has 100 valence electrons. The van der Waals surface area contributed by atoms with Crippen LogP contribution in [-0.2, 0) is 9.84 Å². The SMILES string of the molecule is CS(=O)(=O)c1cc(C(=O)Nc2ncn[nH]2)ccc1Cl. The topological polar surface area (TPSA) is 105 Å². The van der Waals surface area contributed by atoms with Crippen molar-refractivity contribution in [2.75, 3.05) is 11.6 Å². The molecule has 0 radical (unpaired) electrons. The number of nitrogens with one attached hydrogen (secondary N) is 2. The van der Waals surface area contributed by atoms with Gasteiger partial charge in [0.1, 0.15) is 6.33 Å². The molecular formula is C10H9ClN4O3S. The molecule has 2 aromatic rings. The van der Waals surface area contributed by atoms with E-state index in [4.69, 9.17) is 11.6 Å². The van der Waals surface area contributed by atoms with Crippen LogP contribution in [-0.4, -0.2) is 35.8 Å². The van der Waals surface area contributed by atoms with E-state index in [2.05, 4.69) is 20.5 Å². The maximum Gasteiger partial charge on any atom is 0.258 e. The second-order valence-electron chi connectivity index (χ2n) is 3.71. The smallest absolute Gasteiger partial charge is 0.258 e. The van der Waals surface area contributed by atoms with Crippen LogP contribution in [0.2, 0.25) is 5.02 Å². The molecule has 0 bridgehead atoms. The second-order valence-corrected chi connectivity index (χ2v) is 6.10. The Morgan fingerprint density at radius 2 is 2.16 bits per heavy atom. The van der Waals surface area contributed by atoms with Crippen LogP contribution in [0.3, 0.4) is 0 Å². The Morgan fingerprint density at radius 1 is 1.42 bits per heavy atom. The van der Waals surface area contributed by atoms with Crippen molar-refractivity contribution in [3.63, 3.8) is 0 Å². The highest BCUT2D eigenvalue weighted by Gasteiger charge is 2.16. The molecule has 1 aromatic heterocycles. The summed E-state index contributed by atoms with van der Waals surface area (Å²) in [7, 11) is -3.50. The van der Waals surface area contributed by atoms with Crippen LogP contribution in [0.4, 0.5) is 5.95 Å². The lowest BCUT2D eigenvalue weighted by Gasteiger charge is -2.05. The van der Waals surface area contributed by atoms with Gasteiger partial charge in [-0.1, -0.05) is 11.6 Å². The number of carbonyl (C=O) groups excluding carboxylic acids is 1. The number of nitrogens with zero attached hydrogens (tertiary/aromatic N) is 2. The van der Waals surface area contributed by atoms with Gasteiger partial charge in [0.05, 0.1) is 9.92 Å². The molecule has 0 aliphatic rings. The number of hydrogen-bond acceptors (Lipinski definition) is 5. The van der Waals surface area contributed by atoms with Gasteiger partial charge in [0.25, 0.3) is 5.91 Å². The van der Waals surface area contributed by atoms with Crippen molar-refractivity contribution in [1.29, 1.82) is 0 Å². The van der Waals surface area contributed by atoms with Crippen LogP contribution in [0.5, 0.6) is 0 Å². The standard InChI is InChI=1S/C10H9ClN4O3S/c1-19(17,18)8-4-6(2-3-7(8)11)9(16)14-10-12-5-13-15-10/h2-5H,1H3,(H2,12,13,14,15,16). The van der Waals surface area contributed by atoms with Crippen LogP contribution in [0.25, 0.3) is 0 Å². The van der Waals surface area contributed by atoms with E-state index in [0.29, 0.717) is 0 Å². The number of aromatic nitrogens is 3. The number of anilines is 1. The van der Waals surface area contributed by atoms with E-state index < -0.39 is 15.7 Å². The maximum atomic E-state index is 11.9. The summed E-state index contributed by atoms with van der Waals surface area (Å²) in [6.07, 6.45) is 2.26. The molecule has 0 atom stereocenters. The molecule has 19 heavy (non-hydrogen) atoms. The first-order chi connectivity index (χ1) is 8.88. The third kappa shape index (κ3) is 3.09. The summed E-state index contributed by atoms with van der Waals surface area (Å²) in [6, 6.07) is 3.99. The summed E-state index contributed by atoms with van der Waals surface area (Å²) >= 11 is 5.79. The number of rotatable bonds is 3. The zero-order chi connectivity index (χ0) is 14.0. The number of H-pyrrole nitrogens is 1. The summed E-state index contributed by atoms with van der Waals surface area (Å²) in [5.41, 5.74) is 0.154. The maximum absolute atomic E-state index is 11.9. The predicted molar refractivity (Wildman–Crippen MR) is 68.9 cm³/mol. The molecule has 0 spiro atoms. The Hall–Kier alpha value is -1.93. The fourth-order valence-electron chi connectivity index (χ4n) is 1.37. The minimum atomic E-state index is -3.50. The van der Waals surface area contributed by atoms with Gasteiger partial charge >= 0.3 is 0 Å². The highest BCUT2D eigenvalue weighted by atomic mass is 35.5. The molecule has 0 fully saturated rings. The molecule has 0 aliphatic carbocycles. The van der Waals surface area contributed by atoms with Crippen molar-refractivity contribution in [3.8, 4) is 0 Å². The minimum absolute atomic E-state index is 0.0683. The van der Waals surface area contributed by atoms with Crippen molar-refractivity contribution in [3.05, 3.63) is 35.1 Å². The van der Waals surface area contributed by atoms with Crippen molar-refractivity contribution < 1.29 is 13.2 Å². The number of amides is 1. The van der Waals surface area contributed by atoms with Crippen LogP contribution in [0, 0.1) is 0 Å². The fourth-order valence-corrected chi connectivity index (χ4v) is 2.68. The van der Waals surface area contributed by atoms with Gasteiger partial charge in [-0.15, -0.1) is 0 Å². The largest absolute Gasteiger partial charge is 0.291 e. The monoisotopic (exact) mass is 300 g/mol. The molecule has 9 heteroatoms. The zero-order valence-corrected chi connectivity index (χ0v) is 11.3. The van der Waals surface area contributed by atoms with Gasteiger partial charge in [-0.25, -0.2) is 13.5 Å². The molecule has 1 amide bonds. The van der Waals surface area contributed by atoms with Gasteiger partial charge in [-0.2, -0.15) is 10.1 Å². The Balaban J connectivity index is 2.33. The predicted octanol–water partition coefficient (Wildman–Crippen LogP) is 1.11. The van der Waals surface area contributed by atoms with Crippen LogP contribution < -0.4 is 5.32 Å². The van der Waals surface area contributed by atoms with Crippen LogP contribution in [0.1, 0.15) is 10.4 Å². The first-order valence-corrected chi connectivity index (χ1v) is 7.31. The fraction of sp³-hybridized carbons (Fsp3) is 0.100. The number of halogens is 1. The lowest BCUT2D eigenvalue weighted by Crippen LogP contribution is -2.14. The molecule has 0 saturated heterocycles. The van der Waals surface area contributed by atoms with Crippen LogP contribution in [0.15, 0.2) is 29.4 Å². The second kappa shape index (κ2) is 4.98. The average Bonchev–Trinajstić information content (AvgIpc) is 2.80. The minimum Gasteiger partial charge on any atom is -0.291 e. The van der Waals surface area contributed by atoms with Gasteiger partial charge in [0, 0.05) is 11.8 Å². The summed E-state index contributed by atoms with van der Waals surface area (Å²) in [5, 5.41) is 8.53. The molecule has 1 heterocycles. The van der Waals surface area contributed by atoms with E-state index in [1.807, 2.05) is 0 Å². The number of benzene rings is 1. The van der Waals surface area contributed by atoms with Crippen LogP contribution >= 0.6 is 11.6 Å². The van der Waals surface area contributed by atoms with E-state index in [-0.39, 0.29) is 21.4 Å². The van der Waals surface area contributed by atoms with Crippen molar-refractivity contribution in [1.82, 2.24) is 15.2 Å². The Labute approximate surface area is 113 Å². The third-order valence-electron chi connectivity index (χ3n) is 2.24. The molecule has 7 nitrogen and oxygen atoms in total. The lowest BCUT2D eigenvalue weighted by atomic mass is 10.2. The van der Waals surface area contributed by atoms with E-state index in [1.165, 1.54) is 24.5 Å². The number of sulfone groups is 1. The van der Waals surface area contributed by atoms with E-state index in [0.717, 1.165) is 6.26 Å². The number of carbonyl (C=O) groups is 1. The highest BCUT2D eigenvalue weighted by molar-refractivity contribution is 7.90. The zero-order valence-electron chi connectivity index (χ0n) is 9.71. The van der Waals surface area contributed by atoms with E-state index in [1.54, 1.807) is 0 Å². The van der Waals surface area contributed by atoms with Gasteiger partial charge in [-0.05, 0) is 18.2 Å². The first kappa shape index (κ1) is 13.5. The molecule has 0 unspecified atom stereocenters. The molecule has 0 aliphatic heterocycles. The van der Waals surface area contributed by atoms with Crippen molar-refractivity contribution in [2.24, 2.45) is 0 Å². The normalized spacial score (nSPS) is 11.3. The molecule has 2 rings (SSSR count). The first-order valence-electron chi connectivity index (χ1n) is 5.04. The number of aromatic amines is 1. The summed E-state index contributed by atoms with van der Waals surface area (Å²) in [5.74, 6) is -0.348. The quantitative estimate of drug-likeness (QED) is 0.883. The Kier molecular flexibility index (Phi) is 3.54. The number of hydrogen-bond donors (Lipinski definition) is 2. The van der Waals surface area contributed by atoms with Gasteiger partial charge < -0.3 is 0 Å². The summed E-state index contributed by atoms with van der Waals surface area (Å²) in [4.78, 5) is 15.5. The van der Waals surface area contributed by atoms with Gasteiger partial charge in [-0.3, -0.25) is 10.1 Å². The van der Waals surface area contributed by atoms with Crippen molar-refractivity contribution in [2.45, 2.75) is 4.90 Å². The summed E-state index contributed by atoms with van der Waals surface area (Å²) < 4.78 is 23.0. The van der Waals surface area contributed by atoms with Gasteiger partial charge in [0.2, 0.25) is 5.95 Å². The summed E-state index contributed by atoms with van der Waals surface area (Å²) in [6.45, 7) is 0. The third-order valence-corrected chi connectivity index (χ3v) is 3.82. The average molecular weight is 301 g/mol. The van der Waals surface area contributed by atoms with E-state index >= 15 is 0 Å². The molecule has 0 saturated carbocycles. The molecule has 1 aromatic carbocycles. The Bertz CT molecular complexity index is 712.